The van der Waals surface area contributed by atoms with Crippen LogP contribution in [0.4, 0.5) is 18.0 Å². The molecule has 0 aliphatic heterocycles. The third-order valence-corrected chi connectivity index (χ3v) is 7.67. The zero-order valence-electron chi connectivity index (χ0n) is 20.8. The summed E-state index contributed by atoms with van der Waals surface area (Å²) in [5, 5.41) is 9.48. The van der Waals surface area contributed by atoms with Gasteiger partial charge in [-0.1, -0.05) is 29.3 Å². The van der Waals surface area contributed by atoms with Gasteiger partial charge >= 0.3 is 12.3 Å². The maximum Gasteiger partial charge on any atom is 0.421 e. The Morgan fingerprint density at radius 3 is 2.38 bits per heavy atom. The minimum atomic E-state index is -4.65. The number of carbonyl (C=O) groups is 1. The standard InChI is InChI=1S/C25H23Cl2F3N2O7S/c1-37-11-12-38-19-7-4-16(22(14-19)39-23-21(27)13-17(15-31-23)25(28,29)30)3-2-10-32(24(33)34)40(35,36)20-8-5-18(26)6-9-20/h4-9,13-15H,2-3,10-12H2,1H3,(H,33,34). The number of hydrogen-bond donors (Lipinski definition) is 1. The van der Waals surface area contributed by atoms with Crippen LogP contribution in [0.5, 0.6) is 17.4 Å². The molecule has 0 bridgehead atoms. The number of aryl methyl sites for hydroxylation is 1. The van der Waals surface area contributed by atoms with E-state index in [0.29, 0.717) is 27.9 Å². The van der Waals surface area contributed by atoms with Gasteiger partial charge < -0.3 is 19.3 Å². The fraction of sp³-hybridized carbons (Fsp3) is 0.280. The van der Waals surface area contributed by atoms with Crippen molar-refractivity contribution in [3.63, 3.8) is 0 Å². The van der Waals surface area contributed by atoms with Crippen LogP contribution in [-0.4, -0.2) is 55.8 Å². The molecule has 9 nitrogen and oxygen atoms in total. The number of carboxylic acid groups (broad SMARTS) is 1. The van der Waals surface area contributed by atoms with Gasteiger partial charge in [0.05, 0.1) is 17.1 Å². The van der Waals surface area contributed by atoms with E-state index in [9.17, 15) is 31.5 Å². The fourth-order valence-electron chi connectivity index (χ4n) is 3.39. The molecule has 3 aromatic rings. The molecule has 0 radical (unpaired) electrons. The molecule has 1 aromatic heterocycles. The molecule has 0 atom stereocenters. The molecular formula is C25H23Cl2F3N2O7S. The summed E-state index contributed by atoms with van der Waals surface area (Å²) in [4.78, 5) is 15.2. The number of sulfonamides is 1. The van der Waals surface area contributed by atoms with Gasteiger partial charge in [0.15, 0.2) is 0 Å². The van der Waals surface area contributed by atoms with Gasteiger partial charge in [-0.15, -0.1) is 0 Å². The van der Waals surface area contributed by atoms with Crippen LogP contribution in [0.2, 0.25) is 10.0 Å². The Morgan fingerprint density at radius 2 is 1.77 bits per heavy atom. The number of halogens is 5. The van der Waals surface area contributed by atoms with E-state index in [-0.39, 0.29) is 47.6 Å². The Labute approximate surface area is 238 Å². The van der Waals surface area contributed by atoms with Crippen molar-refractivity contribution < 1.29 is 45.7 Å². The van der Waals surface area contributed by atoms with Gasteiger partial charge in [-0.3, -0.25) is 0 Å². The fourth-order valence-corrected chi connectivity index (χ4v) is 5.03. The quantitative estimate of drug-likeness (QED) is 0.227. The van der Waals surface area contributed by atoms with Crippen molar-refractivity contribution in [2.45, 2.75) is 23.9 Å². The van der Waals surface area contributed by atoms with Crippen LogP contribution in [0.1, 0.15) is 17.5 Å². The summed E-state index contributed by atoms with van der Waals surface area (Å²) in [6, 6.07) is 10.4. The summed E-state index contributed by atoms with van der Waals surface area (Å²) in [6.07, 6.45) is -5.60. The molecule has 1 heterocycles. The highest BCUT2D eigenvalue weighted by Crippen LogP contribution is 2.36. The van der Waals surface area contributed by atoms with E-state index in [1.165, 1.54) is 37.4 Å². The first-order valence-electron chi connectivity index (χ1n) is 11.5. The SMILES string of the molecule is COCCOc1ccc(CCCN(C(=O)O)S(=O)(=O)c2ccc(Cl)cc2)c(Oc2ncc(C(F)(F)F)cc2Cl)c1. The summed E-state index contributed by atoms with van der Waals surface area (Å²) in [6.45, 7) is 0.0904. The smallest absolute Gasteiger partial charge is 0.421 e. The van der Waals surface area contributed by atoms with Crippen LogP contribution in [0.15, 0.2) is 59.6 Å². The van der Waals surface area contributed by atoms with Crippen molar-refractivity contribution in [3.8, 4) is 17.4 Å². The number of benzene rings is 2. The summed E-state index contributed by atoms with van der Waals surface area (Å²) >= 11 is 11.8. The third kappa shape index (κ3) is 8.13. The van der Waals surface area contributed by atoms with Crippen molar-refractivity contribution in [1.82, 2.24) is 9.29 Å². The van der Waals surface area contributed by atoms with Crippen molar-refractivity contribution >= 4 is 39.3 Å². The highest BCUT2D eigenvalue weighted by molar-refractivity contribution is 7.89. The Bertz CT molecular complexity index is 1440. The second-order valence-corrected chi connectivity index (χ2v) is 10.8. The molecule has 15 heteroatoms. The van der Waals surface area contributed by atoms with Crippen LogP contribution in [0, 0.1) is 0 Å². The maximum atomic E-state index is 13.0. The predicted octanol–water partition coefficient (Wildman–Crippen LogP) is 6.53. The van der Waals surface area contributed by atoms with Crippen LogP contribution in [0.25, 0.3) is 0 Å². The summed E-state index contributed by atoms with van der Waals surface area (Å²) in [5.41, 5.74) is -0.594. The average molecular weight is 623 g/mol. The van der Waals surface area contributed by atoms with E-state index < -0.39 is 39.4 Å². The van der Waals surface area contributed by atoms with Crippen molar-refractivity contribution in [1.29, 1.82) is 0 Å². The van der Waals surface area contributed by atoms with Crippen molar-refractivity contribution in [2.75, 3.05) is 26.9 Å². The third-order valence-electron chi connectivity index (χ3n) is 5.36. The lowest BCUT2D eigenvalue weighted by atomic mass is 10.1. The first kappa shape index (κ1) is 31.3. The number of amides is 1. The molecule has 0 saturated carbocycles. The molecule has 0 aliphatic rings. The van der Waals surface area contributed by atoms with Crippen molar-refractivity contribution in [3.05, 3.63) is 75.9 Å². The first-order valence-corrected chi connectivity index (χ1v) is 13.7. The lowest BCUT2D eigenvalue weighted by Crippen LogP contribution is -2.36. The first-order chi connectivity index (χ1) is 18.8. The number of nitrogens with zero attached hydrogens (tertiary/aromatic N) is 2. The summed E-state index contributed by atoms with van der Waals surface area (Å²) in [5.74, 6) is 0.158. The van der Waals surface area contributed by atoms with Gasteiger partial charge in [0.2, 0.25) is 5.88 Å². The minimum Gasteiger partial charge on any atom is -0.491 e. The number of pyridine rings is 1. The lowest BCUT2D eigenvalue weighted by molar-refractivity contribution is -0.137. The highest BCUT2D eigenvalue weighted by atomic mass is 35.5. The molecule has 0 spiro atoms. The van der Waals surface area contributed by atoms with Gasteiger partial charge in [-0.05, 0) is 54.8 Å². The normalized spacial score (nSPS) is 11.8. The lowest BCUT2D eigenvalue weighted by Gasteiger charge is -2.20. The summed E-state index contributed by atoms with van der Waals surface area (Å²) < 4.78 is 81.3. The molecular weight excluding hydrogens is 600 g/mol. The molecule has 3 rings (SSSR count). The molecule has 1 N–H and O–H groups in total. The van der Waals surface area contributed by atoms with E-state index in [4.69, 9.17) is 37.4 Å². The van der Waals surface area contributed by atoms with Crippen LogP contribution >= 0.6 is 23.2 Å². The van der Waals surface area contributed by atoms with E-state index in [0.717, 1.165) is 0 Å². The second-order valence-electron chi connectivity index (χ2n) is 8.14. The molecule has 2 aromatic carbocycles. The van der Waals surface area contributed by atoms with Crippen LogP contribution in [0.3, 0.4) is 0 Å². The largest absolute Gasteiger partial charge is 0.491 e. The highest BCUT2D eigenvalue weighted by Gasteiger charge is 2.32. The molecule has 0 saturated heterocycles. The molecule has 0 unspecified atom stereocenters. The molecule has 0 aliphatic carbocycles. The van der Waals surface area contributed by atoms with Gasteiger partial charge in [0, 0.05) is 30.9 Å². The Balaban J connectivity index is 1.83. The zero-order valence-corrected chi connectivity index (χ0v) is 23.1. The monoisotopic (exact) mass is 622 g/mol. The topological polar surface area (TPSA) is 115 Å². The van der Waals surface area contributed by atoms with E-state index in [1.807, 2.05) is 0 Å². The number of ether oxygens (including phenoxy) is 3. The second kappa shape index (κ2) is 13.4. The Kier molecular flexibility index (Phi) is 10.5. The maximum absolute atomic E-state index is 13.0. The number of alkyl halides is 3. The van der Waals surface area contributed by atoms with Crippen LogP contribution in [-0.2, 0) is 27.4 Å². The summed E-state index contributed by atoms with van der Waals surface area (Å²) in [7, 11) is -2.89. The number of hydrogen-bond acceptors (Lipinski definition) is 7. The van der Waals surface area contributed by atoms with E-state index in [1.54, 1.807) is 12.1 Å². The zero-order chi connectivity index (χ0) is 29.5. The van der Waals surface area contributed by atoms with Gasteiger partial charge in [-0.25, -0.2) is 22.5 Å². The van der Waals surface area contributed by atoms with Gasteiger partial charge in [0.25, 0.3) is 10.0 Å². The van der Waals surface area contributed by atoms with Gasteiger partial charge in [-0.2, -0.15) is 13.2 Å². The number of rotatable bonds is 12. The number of aromatic nitrogens is 1. The molecule has 216 valence electrons. The predicted molar refractivity (Wildman–Crippen MR) is 140 cm³/mol. The van der Waals surface area contributed by atoms with Gasteiger partial charge in [0.1, 0.15) is 23.1 Å². The molecule has 1 amide bonds. The number of methoxy groups -OCH3 is 1. The molecule has 40 heavy (non-hydrogen) atoms. The molecule has 0 fully saturated rings. The van der Waals surface area contributed by atoms with E-state index >= 15 is 0 Å². The Hall–Kier alpha value is -3.26. The van der Waals surface area contributed by atoms with E-state index in [2.05, 4.69) is 4.98 Å². The van der Waals surface area contributed by atoms with Crippen molar-refractivity contribution in [2.24, 2.45) is 0 Å². The van der Waals surface area contributed by atoms with Crippen LogP contribution < -0.4 is 9.47 Å². The minimum absolute atomic E-state index is 0.0352. The Morgan fingerprint density at radius 1 is 1.07 bits per heavy atom. The average Bonchev–Trinajstić information content (AvgIpc) is 2.88.